The van der Waals surface area contributed by atoms with E-state index in [0.29, 0.717) is 11.6 Å². The van der Waals surface area contributed by atoms with Crippen molar-refractivity contribution in [3.63, 3.8) is 0 Å². The van der Waals surface area contributed by atoms with Gasteiger partial charge in [-0.3, -0.25) is 9.36 Å². The Morgan fingerprint density at radius 2 is 1.89 bits per heavy atom. The number of nitrogen functional groups attached to an aromatic ring is 1. The molecule has 3 N–H and O–H groups in total. The van der Waals surface area contributed by atoms with E-state index in [4.69, 9.17) is 15.7 Å². The van der Waals surface area contributed by atoms with E-state index >= 15 is 0 Å². The maximum Gasteiger partial charge on any atom is 0.217 e. The van der Waals surface area contributed by atoms with Gasteiger partial charge in [-0.2, -0.15) is 0 Å². The number of pyridine rings is 2. The van der Waals surface area contributed by atoms with Gasteiger partial charge in [0.25, 0.3) is 0 Å². The molecule has 0 bridgehead atoms. The van der Waals surface area contributed by atoms with Crippen LogP contribution in [0, 0.1) is 0 Å². The molecule has 2 aromatic carbocycles. The number of nitrogens with two attached hydrogens (primary N) is 1. The van der Waals surface area contributed by atoms with Gasteiger partial charge in [0.1, 0.15) is 11.3 Å². The summed E-state index contributed by atoms with van der Waals surface area (Å²) in [4.78, 5) is 25.9. The summed E-state index contributed by atoms with van der Waals surface area (Å²) < 4.78 is 2.06. The lowest BCUT2D eigenvalue weighted by Crippen LogP contribution is -2.24. The quantitative estimate of drug-likeness (QED) is 0.399. The van der Waals surface area contributed by atoms with E-state index in [0.717, 1.165) is 52.1 Å². The van der Waals surface area contributed by atoms with Gasteiger partial charge < -0.3 is 11.1 Å². The molecule has 0 unspecified atom stereocenters. The average Bonchev–Trinajstić information content (AvgIpc) is 3.45. The van der Waals surface area contributed by atoms with E-state index in [9.17, 15) is 4.79 Å². The highest BCUT2D eigenvalue weighted by molar-refractivity contribution is 5.84. The first-order valence-corrected chi connectivity index (χ1v) is 11.6. The molecule has 0 fully saturated rings. The predicted molar refractivity (Wildman–Crippen MR) is 137 cm³/mol. The smallest absolute Gasteiger partial charge is 0.217 e. The zero-order chi connectivity index (χ0) is 23.9. The van der Waals surface area contributed by atoms with Crippen molar-refractivity contribution >= 4 is 22.9 Å². The van der Waals surface area contributed by atoms with E-state index in [1.54, 1.807) is 13.1 Å². The minimum atomic E-state index is -0.0143. The number of aromatic nitrogens is 4. The Morgan fingerprint density at radius 1 is 1.03 bits per heavy atom. The number of hydrogen-bond donors (Lipinski definition) is 2. The fraction of sp³-hybridized carbons (Fsp3) is 0.143. The van der Waals surface area contributed by atoms with Crippen molar-refractivity contribution in [3.8, 4) is 28.3 Å². The summed E-state index contributed by atoms with van der Waals surface area (Å²) in [6.07, 6.45) is 3.46. The van der Waals surface area contributed by atoms with Gasteiger partial charge >= 0.3 is 0 Å². The van der Waals surface area contributed by atoms with Gasteiger partial charge in [-0.25, -0.2) is 15.0 Å². The van der Waals surface area contributed by atoms with Crippen LogP contribution < -0.4 is 11.1 Å². The van der Waals surface area contributed by atoms with Gasteiger partial charge in [0.05, 0.1) is 17.3 Å². The van der Waals surface area contributed by atoms with Gasteiger partial charge in [-0.1, -0.05) is 36.4 Å². The summed E-state index contributed by atoms with van der Waals surface area (Å²) >= 11 is 0. The SMILES string of the molecule is CC(=O)N[C@@H]1CCc2cc(-n3c(-c4cccnc4N)nc4ccc(-c5ccccc5)nc43)ccc21. The molecule has 7 heteroatoms. The van der Waals surface area contributed by atoms with Crippen molar-refractivity contribution < 1.29 is 4.79 Å². The highest BCUT2D eigenvalue weighted by atomic mass is 16.1. The number of aryl methyl sites for hydroxylation is 1. The first kappa shape index (κ1) is 21.0. The third-order valence-corrected chi connectivity index (χ3v) is 6.49. The Bertz CT molecular complexity index is 1570. The summed E-state index contributed by atoms with van der Waals surface area (Å²) in [6.45, 7) is 1.56. The first-order chi connectivity index (χ1) is 17.1. The summed E-state index contributed by atoms with van der Waals surface area (Å²) in [5.74, 6) is 1.10. The molecule has 3 heterocycles. The molecule has 7 nitrogen and oxygen atoms in total. The molecule has 0 radical (unpaired) electrons. The predicted octanol–water partition coefficient (Wildman–Crippen LogP) is 4.86. The minimum Gasteiger partial charge on any atom is -0.383 e. The van der Waals surface area contributed by atoms with Crippen LogP contribution in [0.1, 0.15) is 30.5 Å². The number of nitrogens with one attached hydrogen (secondary N) is 1. The molecular weight excluding hydrogens is 436 g/mol. The molecule has 0 spiro atoms. The van der Waals surface area contributed by atoms with Crippen molar-refractivity contribution in [2.45, 2.75) is 25.8 Å². The van der Waals surface area contributed by atoms with Crippen LogP contribution in [0.3, 0.4) is 0 Å². The lowest BCUT2D eigenvalue weighted by molar-refractivity contribution is -0.119. The largest absolute Gasteiger partial charge is 0.383 e. The maximum absolute atomic E-state index is 11.6. The van der Waals surface area contributed by atoms with Crippen LogP contribution in [0.25, 0.3) is 39.5 Å². The number of rotatable bonds is 4. The van der Waals surface area contributed by atoms with Crippen LogP contribution in [0.15, 0.2) is 79.0 Å². The number of imidazole rings is 1. The summed E-state index contributed by atoms with van der Waals surface area (Å²) in [5.41, 5.74) is 13.8. The second-order valence-corrected chi connectivity index (χ2v) is 8.79. The van der Waals surface area contributed by atoms with Crippen LogP contribution >= 0.6 is 0 Å². The molecule has 1 aliphatic rings. The lowest BCUT2D eigenvalue weighted by Gasteiger charge is -2.15. The van der Waals surface area contributed by atoms with Crippen LogP contribution in [-0.4, -0.2) is 25.4 Å². The summed E-state index contributed by atoms with van der Waals surface area (Å²) in [7, 11) is 0. The number of carbonyl (C=O) groups excluding carboxylic acids is 1. The van der Waals surface area contributed by atoms with Gasteiger partial charge in [-0.15, -0.1) is 0 Å². The third kappa shape index (κ3) is 3.71. The van der Waals surface area contributed by atoms with Crippen LogP contribution in [0.5, 0.6) is 0 Å². The van der Waals surface area contributed by atoms with E-state index in [-0.39, 0.29) is 11.9 Å². The fourth-order valence-electron chi connectivity index (χ4n) is 4.90. The number of nitrogens with zero attached hydrogens (tertiary/aromatic N) is 4. The molecule has 3 aromatic heterocycles. The molecule has 0 aliphatic heterocycles. The topological polar surface area (TPSA) is 98.7 Å². The molecular formula is C28H24N6O. The Hall–Kier alpha value is -4.52. The molecule has 0 saturated carbocycles. The van der Waals surface area contributed by atoms with E-state index in [1.165, 1.54) is 5.56 Å². The monoisotopic (exact) mass is 460 g/mol. The zero-order valence-electron chi connectivity index (χ0n) is 19.3. The number of hydrogen-bond acceptors (Lipinski definition) is 5. The van der Waals surface area contributed by atoms with E-state index < -0.39 is 0 Å². The fourth-order valence-corrected chi connectivity index (χ4v) is 4.90. The van der Waals surface area contributed by atoms with Crippen molar-refractivity contribution in [1.82, 2.24) is 24.8 Å². The molecule has 1 aliphatic carbocycles. The maximum atomic E-state index is 11.6. The summed E-state index contributed by atoms with van der Waals surface area (Å²) in [5, 5.41) is 3.06. The number of amides is 1. The number of benzene rings is 2. The lowest BCUT2D eigenvalue weighted by atomic mass is 10.1. The first-order valence-electron chi connectivity index (χ1n) is 11.6. The number of carbonyl (C=O) groups is 1. The van der Waals surface area contributed by atoms with Crippen LogP contribution in [0.2, 0.25) is 0 Å². The Balaban J connectivity index is 1.56. The second kappa shape index (κ2) is 8.36. The second-order valence-electron chi connectivity index (χ2n) is 8.79. The van der Waals surface area contributed by atoms with Crippen molar-refractivity contribution in [3.05, 3.63) is 90.1 Å². The Morgan fingerprint density at radius 3 is 2.69 bits per heavy atom. The zero-order valence-corrected chi connectivity index (χ0v) is 19.3. The Labute approximate surface area is 202 Å². The van der Waals surface area contributed by atoms with E-state index in [1.807, 2.05) is 54.6 Å². The average molecular weight is 461 g/mol. The Kier molecular flexibility index (Phi) is 5.03. The highest BCUT2D eigenvalue weighted by Gasteiger charge is 2.25. The standard InChI is InChI=1S/C28H24N6O/c1-17(35)31-24-12-9-19-16-20(10-11-21(19)24)34-27(22-8-5-15-30-26(22)29)33-25-14-13-23(32-28(25)34)18-6-3-2-4-7-18/h2-8,10-11,13-16,24H,9,12H2,1H3,(H2,29,30)(H,31,35)/t24-/m1/s1. The van der Waals surface area contributed by atoms with Crippen LogP contribution in [0.4, 0.5) is 5.82 Å². The van der Waals surface area contributed by atoms with Gasteiger partial charge in [0.15, 0.2) is 11.5 Å². The van der Waals surface area contributed by atoms with Gasteiger partial charge in [0.2, 0.25) is 5.91 Å². The number of anilines is 1. The molecule has 6 rings (SSSR count). The molecule has 0 saturated heterocycles. The van der Waals surface area contributed by atoms with Gasteiger partial charge in [0, 0.05) is 24.4 Å². The molecule has 1 atom stereocenters. The minimum absolute atomic E-state index is 0.0143. The third-order valence-electron chi connectivity index (χ3n) is 6.49. The normalized spacial score (nSPS) is 14.7. The highest BCUT2D eigenvalue weighted by Crippen LogP contribution is 2.36. The van der Waals surface area contributed by atoms with Gasteiger partial charge in [-0.05, 0) is 60.4 Å². The van der Waals surface area contributed by atoms with Crippen molar-refractivity contribution in [1.29, 1.82) is 0 Å². The molecule has 1 amide bonds. The van der Waals surface area contributed by atoms with E-state index in [2.05, 4.69) is 33.1 Å². The van der Waals surface area contributed by atoms with Crippen molar-refractivity contribution in [2.75, 3.05) is 5.73 Å². The molecule has 35 heavy (non-hydrogen) atoms. The molecule has 5 aromatic rings. The summed E-state index contributed by atoms with van der Waals surface area (Å²) in [6, 6.07) is 24.3. The van der Waals surface area contributed by atoms with Crippen LogP contribution in [-0.2, 0) is 11.2 Å². The molecule has 172 valence electrons. The number of fused-ring (bicyclic) bond motifs is 2. The van der Waals surface area contributed by atoms with Crippen molar-refractivity contribution in [2.24, 2.45) is 0 Å².